The molecule has 3 N–H and O–H groups in total. The largest absolute Gasteiger partial charge is 0.382 e. The van der Waals surface area contributed by atoms with E-state index >= 15 is 0 Å². The topological polar surface area (TPSA) is 123 Å². The Hall–Kier alpha value is -1.88. The molecule has 0 spiro atoms. The predicted molar refractivity (Wildman–Crippen MR) is 103 cm³/mol. The molecular formula is C14H13B2BrFN5O3S. The van der Waals surface area contributed by atoms with Crippen LogP contribution >= 0.6 is 15.9 Å². The summed E-state index contributed by atoms with van der Waals surface area (Å²) in [5.41, 5.74) is 6.48. The van der Waals surface area contributed by atoms with Crippen molar-refractivity contribution in [3.63, 3.8) is 0 Å². The third-order valence-corrected chi connectivity index (χ3v) is 6.78. The van der Waals surface area contributed by atoms with Crippen LogP contribution in [-0.2, 0) is 9.84 Å². The first-order chi connectivity index (χ1) is 12.7. The number of aromatic nitrogens is 2. The first-order valence-corrected chi connectivity index (χ1v) is 10.2. The van der Waals surface area contributed by atoms with E-state index in [1.165, 1.54) is 18.2 Å². The van der Waals surface area contributed by atoms with Crippen molar-refractivity contribution in [1.29, 1.82) is 0 Å². The van der Waals surface area contributed by atoms with Crippen LogP contribution in [0, 0.1) is 5.82 Å². The summed E-state index contributed by atoms with van der Waals surface area (Å²) in [6.07, 6.45) is 0.286. The van der Waals surface area contributed by atoms with Gasteiger partial charge in [-0.1, -0.05) is 0 Å². The van der Waals surface area contributed by atoms with Crippen molar-refractivity contribution in [3.8, 4) is 0 Å². The highest BCUT2D eigenvalue weighted by atomic mass is 79.9. The number of amidine groups is 1. The molecule has 13 heteroatoms. The minimum Gasteiger partial charge on any atom is -0.382 e. The number of anilines is 1. The van der Waals surface area contributed by atoms with E-state index < -0.39 is 26.0 Å². The molecule has 2 aromatic rings. The Morgan fingerprint density at radius 1 is 1.33 bits per heavy atom. The highest BCUT2D eigenvalue weighted by Crippen LogP contribution is 2.26. The predicted octanol–water partition coefficient (Wildman–Crippen LogP) is 0.986. The highest BCUT2D eigenvalue weighted by Gasteiger charge is 2.36. The number of nitrogens with two attached hydrogens (primary N) is 1. The average Bonchev–Trinajstić information content (AvgIpc) is 3.05. The van der Waals surface area contributed by atoms with Crippen LogP contribution in [0.2, 0.25) is 0 Å². The van der Waals surface area contributed by atoms with Crippen LogP contribution in [0.1, 0.15) is 18.5 Å². The lowest BCUT2D eigenvalue weighted by molar-refractivity contribution is 0.307. The normalized spacial score (nSPS) is 25.3. The van der Waals surface area contributed by atoms with Gasteiger partial charge in [0, 0.05) is 16.3 Å². The SMILES string of the molecule is [B]C1CC(Nc2nonc2C(N)=Nc2ccc(F)c(Br)c2)CC([B])S1(=O)=O. The van der Waals surface area contributed by atoms with E-state index in [9.17, 15) is 12.8 Å². The maximum Gasteiger partial charge on any atom is 0.202 e. The summed E-state index contributed by atoms with van der Waals surface area (Å²) < 4.78 is 42.1. The van der Waals surface area contributed by atoms with Crippen molar-refractivity contribution in [2.24, 2.45) is 10.7 Å². The van der Waals surface area contributed by atoms with Gasteiger partial charge in [0.2, 0.25) is 5.82 Å². The number of nitrogens with zero attached hydrogens (tertiary/aromatic N) is 3. The zero-order valence-electron chi connectivity index (χ0n) is 13.8. The summed E-state index contributed by atoms with van der Waals surface area (Å²) in [5.74, 6) is -0.270. The second kappa shape index (κ2) is 7.63. The zero-order chi connectivity index (χ0) is 19.8. The molecule has 138 valence electrons. The van der Waals surface area contributed by atoms with Crippen LogP contribution < -0.4 is 11.1 Å². The second-order valence-corrected chi connectivity index (χ2v) is 9.28. The van der Waals surface area contributed by atoms with E-state index in [-0.39, 0.29) is 40.7 Å². The number of benzene rings is 1. The number of sulfone groups is 1. The van der Waals surface area contributed by atoms with Gasteiger partial charge in [-0.25, -0.2) is 22.4 Å². The van der Waals surface area contributed by atoms with Crippen LogP contribution in [0.3, 0.4) is 0 Å². The monoisotopic (exact) mass is 451 g/mol. The minimum absolute atomic E-state index is 0.0192. The van der Waals surface area contributed by atoms with E-state index in [0.717, 1.165) is 0 Å². The summed E-state index contributed by atoms with van der Waals surface area (Å²) in [4.78, 5) is 4.16. The molecular weight excluding hydrogens is 439 g/mol. The van der Waals surface area contributed by atoms with Gasteiger partial charge in [-0.05, 0) is 57.3 Å². The molecule has 1 fully saturated rings. The van der Waals surface area contributed by atoms with E-state index in [2.05, 4.69) is 36.6 Å². The highest BCUT2D eigenvalue weighted by molar-refractivity contribution is 9.10. The van der Waals surface area contributed by atoms with Crippen molar-refractivity contribution in [2.75, 3.05) is 5.32 Å². The summed E-state index contributed by atoms with van der Waals surface area (Å²) >= 11 is 3.07. The molecule has 2 atom stereocenters. The zero-order valence-corrected chi connectivity index (χ0v) is 16.2. The number of aliphatic imine (C=N–C) groups is 1. The maximum atomic E-state index is 13.3. The molecule has 27 heavy (non-hydrogen) atoms. The second-order valence-electron chi connectivity index (χ2n) is 6.04. The first kappa shape index (κ1) is 19.9. The van der Waals surface area contributed by atoms with Gasteiger partial charge in [-0.15, -0.1) is 0 Å². The Morgan fingerprint density at radius 3 is 2.63 bits per heavy atom. The lowest BCUT2D eigenvalue weighted by atomic mass is 9.88. The molecule has 0 aliphatic carbocycles. The summed E-state index contributed by atoms with van der Waals surface area (Å²) in [6, 6.07) is 3.77. The van der Waals surface area contributed by atoms with E-state index in [4.69, 9.17) is 26.1 Å². The first-order valence-electron chi connectivity index (χ1n) is 7.81. The van der Waals surface area contributed by atoms with Crippen LogP contribution in [0.4, 0.5) is 15.9 Å². The molecule has 3 rings (SSSR count). The van der Waals surface area contributed by atoms with Gasteiger partial charge in [-0.2, -0.15) is 0 Å². The lowest BCUT2D eigenvalue weighted by Crippen LogP contribution is -2.45. The third kappa shape index (κ3) is 4.18. The standard InChI is InChI=1S/C14H13B2BrFN5O3S/c15-10-4-7(5-11(16)27(10,24)25)21-14-12(22-26-23-14)13(19)20-6-1-2-9(18)8(17)3-6/h1-3,7,10-11H,4-5H2,(H2,19,20)(H,21,23). The number of nitrogens with one attached hydrogen (secondary N) is 1. The van der Waals surface area contributed by atoms with Gasteiger partial charge < -0.3 is 11.1 Å². The van der Waals surface area contributed by atoms with Crippen molar-refractivity contribution in [2.45, 2.75) is 29.2 Å². The fourth-order valence-corrected chi connectivity index (χ4v) is 4.48. The molecule has 0 saturated carbocycles. The average molecular weight is 452 g/mol. The minimum atomic E-state index is -3.55. The maximum absolute atomic E-state index is 13.3. The Balaban J connectivity index is 1.79. The van der Waals surface area contributed by atoms with Crippen molar-refractivity contribution >= 4 is 58.8 Å². The number of rotatable bonds is 4. The molecule has 0 amide bonds. The van der Waals surface area contributed by atoms with Gasteiger partial charge >= 0.3 is 0 Å². The molecule has 2 unspecified atom stereocenters. The third-order valence-electron chi connectivity index (χ3n) is 4.10. The molecule has 1 aromatic carbocycles. The van der Waals surface area contributed by atoms with Gasteiger partial charge in [0.1, 0.15) is 15.7 Å². The fraction of sp³-hybridized carbons (Fsp3) is 0.357. The molecule has 1 aliphatic heterocycles. The van der Waals surface area contributed by atoms with E-state index in [1.54, 1.807) is 0 Å². The fourth-order valence-electron chi connectivity index (χ4n) is 2.66. The Morgan fingerprint density at radius 2 is 2.00 bits per heavy atom. The Labute approximate surface area is 166 Å². The summed E-state index contributed by atoms with van der Waals surface area (Å²) in [6.45, 7) is 0. The van der Waals surface area contributed by atoms with Gasteiger partial charge in [-0.3, -0.25) is 0 Å². The van der Waals surface area contributed by atoms with Gasteiger partial charge in [0.25, 0.3) is 0 Å². The number of hydrogen-bond acceptors (Lipinski definition) is 7. The van der Waals surface area contributed by atoms with Gasteiger partial charge in [0.05, 0.1) is 25.9 Å². The van der Waals surface area contributed by atoms with Crippen LogP contribution in [0.5, 0.6) is 0 Å². The smallest absolute Gasteiger partial charge is 0.202 e. The van der Waals surface area contributed by atoms with Crippen LogP contribution in [0.15, 0.2) is 32.3 Å². The lowest BCUT2D eigenvalue weighted by Gasteiger charge is -2.32. The molecule has 4 radical (unpaired) electrons. The van der Waals surface area contributed by atoms with Crippen molar-refractivity contribution in [3.05, 3.63) is 34.2 Å². The van der Waals surface area contributed by atoms with Crippen molar-refractivity contribution < 1.29 is 17.4 Å². The Bertz CT molecular complexity index is 969. The summed E-state index contributed by atoms with van der Waals surface area (Å²) in [7, 11) is 7.84. The summed E-state index contributed by atoms with van der Waals surface area (Å²) in [5, 5.41) is 8.28. The van der Waals surface area contributed by atoms with Crippen LogP contribution in [0.25, 0.3) is 0 Å². The molecule has 1 aromatic heterocycles. The Kier molecular flexibility index (Phi) is 5.61. The molecule has 2 heterocycles. The van der Waals surface area contributed by atoms with E-state index in [1.807, 2.05) is 0 Å². The molecule has 1 aliphatic rings. The molecule has 1 saturated heterocycles. The van der Waals surface area contributed by atoms with E-state index in [0.29, 0.717) is 5.69 Å². The molecule has 0 bridgehead atoms. The quantitative estimate of drug-likeness (QED) is 0.403. The van der Waals surface area contributed by atoms with Crippen molar-refractivity contribution in [1.82, 2.24) is 10.3 Å². The van der Waals surface area contributed by atoms with Crippen LogP contribution in [-0.4, -0.2) is 56.6 Å². The molecule has 8 nitrogen and oxygen atoms in total. The number of halogens is 2. The van der Waals surface area contributed by atoms with Gasteiger partial charge in [0.15, 0.2) is 11.5 Å². The number of hydrogen-bond donors (Lipinski definition) is 2.